The fourth-order valence-corrected chi connectivity index (χ4v) is 2.75. The number of methoxy groups -OCH3 is 1. The Labute approximate surface area is 155 Å². The minimum absolute atomic E-state index is 0.101. The summed E-state index contributed by atoms with van der Waals surface area (Å²) in [6.07, 6.45) is 0. The first-order valence-corrected chi connectivity index (χ1v) is 8.79. The predicted octanol–water partition coefficient (Wildman–Crippen LogP) is 3.42. The van der Waals surface area contributed by atoms with E-state index in [1.165, 1.54) is 7.11 Å². The van der Waals surface area contributed by atoms with Gasteiger partial charge in [0, 0.05) is 12.2 Å². The number of ether oxygens (including phenoxy) is 1. The molecule has 1 N–H and O–H groups in total. The molecular formula is C21H26N2O3. The normalized spacial score (nSPS) is 11.8. The minimum atomic E-state index is -0.266. The lowest BCUT2D eigenvalue weighted by atomic mass is 10.1. The van der Waals surface area contributed by atoms with E-state index in [9.17, 15) is 9.59 Å². The Bertz CT molecular complexity index is 714. The van der Waals surface area contributed by atoms with E-state index in [1.54, 1.807) is 6.92 Å². The molecule has 26 heavy (non-hydrogen) atoms. The van der Waals surface area contributed by atoms with Crippen molar-refractivity contribution in [2.75, 3.05) is 32.1 Å². The third-order valence-corrected chi connectivity index (χ3v) is 4.23. The molecule has 0 spiro atoms. The largest absolute Gasteiger partial charge is 0.469 e. The van der Waals surface area contributed by atoms with Crippen LogP contribution in [0.4, 0.5) is 5.69 Å². The van der Waals surface area contributed by atoms with Crippen LogP contribution in [0.3, 0.4) is 0 Å². The van der Waals surface area contributed by atoms with Crippen LogP contribution < -0.4 is 5.32 Å². The van der Waals surface area contributed by atoms with E-state index in [0.717, 1.165) is 16.8 Å². The standard InChI is InChI=1S/C21H26N2O3/c1-4-23(14-16(2)21(25)26-3)15-20(24)22-19-12-10-18(11-13-19)17-8-6-5-7-9-17/h5-13,16H,4,14-15H2,1-3H3,(H,22,24). The van der Waals surface area contributed by atoms with E-state index in [0.29, 0.717) is 13.1 Å². The third kappa shape index (κ3) is 5.70. The molecule has 5 nitrogen and oxygen atoms in total. The number of hydrogen-bond donors (Lipinski definition) is 1. The smallest absolute Gasteiger partial charge is 0.309 e. The second-order valence-corrected chi connectivity index (χ2v) is 6.24. The number of nitrogens with one attached hydrogen (secondary N) is 1. The molecule has 0 radical (unpaired) electrons. The lowest BCUT2D eigenvalue weighted by Gasteiger charge is -2.22. The molecule has 2 aromatic rings. The molecule has 1 amide bonds. The summed E-state index contributed by atoms with van der Waals surface area (Å²) in [6.45, 7) is 5.17. The SMILES string of the molecule is CCN(CC(=O)Nc1ccc(-c2ccccc2)cc1)CC(C)C(=O)OC. The molecule has 0 aliphatic rings. The highest BCUT2D eigenvalue weighted by atomic mass is 16.5. The average Bonchev–Trinajstić information content (AvgIpc) is 2.67. The highest BCUT2D eigenvalue weighted by Crippen LogP contribution is 2.21. The van der Waals surface area contributed by atoms with Crippen LogP contribution >= 0.6 is 0 Å². The Kier molecular flexibility index (Phi) is 7.36. The maximum absolute atomic E-state index is 12.3. The Balaban J connectivity index is 1.91. The lowest BCUT2D eigenvalue weighted by Crippen LogP contribution is -2.38. The molecule has 2 rings (SSSR count). The molecule has 0 fully saturated rings. The number of amides is 1. The summed E-state index contributed by atoms with van der Waals surface area (Å²) in [4.78, 5) is 25.8. The third-order valence-electron chi connectivity index (χ3n) is 4.23. The number of likely N-dealkylation sites (N-methyl/N-ethyl adjacent to an activating group) is 1. The van der Waals surface area contributed by atoms with E-state index in [4.69, 9.17) is 4.74 Å². The van der Waals surface area contributed by atoms with Crippen LogP contribution in [0.25, 0.3) is 11.1 Å². The summed E-state index contributed by atoms with van der Waals surface area (Å²) < 4.78 is 4.74. The van der Waals surface area contributed by atoms with Crippen molar-refractivity contribution >= 4 is 17.6 Å². The first-order valence-electron chi connectivity index (χ1n) is 8.79. The van der Waals surface area contributed by atoms with E-state index < -0.39 is 0 Å². The monoisotopic (exact) mass is 354 g/mol. The van der Waals surface area contributed by atoms with Gasteiger partial charge in [0.2, 0.25) is 5.91 Å². The van der Waals surface area contributed by atoms with Gasteiger partial charge in [-0.3, -0.25) is 14.5 Å². The van der Waals surface area contributed by atoms with Crippen LogP contribution in [-0.4, -0.2) is 43.5 Å². The fourth-order valence-electron chi connectivity index (χ4n) is 2.75. The van der Waals surface area contributed by atoms with E-state index >= 15 is 0 Å². The molecule has 1 atom stereocenters. The molecule has 2 aromatic carbocycles. The first-order chi connectivity index (χ1) is 12.5. The quantitative estimate of drug-likeness (QED) is 0.738. The maximum atomic E-state index is 12.3. The second-order valence-electron chi connectivity index (χ2n) is 6.24. The fraction of sp³-hybridized carbons (Fsp3) is 0.333. The summed E-state index contributed by atoms with van der Waals surface area (Å²) in [5.74, 6) is -0.630. The first kappa shape index (κ1) is 19.7. The van der Waals surface area contributed by atoms with Gasteiger partial charge in [-0.2, -0.15) is 0 Å². The van der Waals surface area contributed by atoms with Crippen molar-refractivity contribution in [3.8, 4) is 11.1 Å². The summed E-state index contributed by atoms with van der Waals surface area (Å²) in [5.41, 5.74) is 3.00. The van der Waals surface area contributed by atoms with Crippen molar-refractivity contribution in [2.45, 2.75) is 13.8 Å². The molecule has 0 aliphatic heterocycles. The molecule has 0 bridgehead atoms. The second kappa shape index (κ2) is 9.73. The Morgan fingerprint density at radius 3 is 2.23 bits per heavy atom. The summed E-state index contributed by atoms with van der Waals surface area (Å²) >= 11 is 0. The molecular weight excluding hydrogens is 328 g/mol. The minimum Gasteiger partial charge on any atom is -0.469 e. The van der Waals surface area contributed by atoms with Crippen LogP contribution in [0, 0.1) is 5.92 Å². The Hall–Kier alpha value is -2.66. The van der Waals surface area contributed by atoms with Crippen molar-refractivity contribution in [1.82, 2.24) is 4.90 Å². The molecule has 0 saturated heterocycles. The van der Waals surface area contributed by atoms with E-state index in [2.05, 4.69) is 17.4 Å². The number of esters is 1. The zero-order valence-corrected chi connectivity index (χ0v) is 15.6. The summed E-state index contributed by atoms with van der Waals surface area (Å²) in [6, 6.07) is 17.9. The van der Waals surface area contributed by atoms with Gasteiger partial charge in [0.25, 0.3) is 0 Å². The van der Waals surface area contributed by atoms with Crippen molar-refractivity contribution in [1.29, 1.82) is 0 Å². The van der Waals surface area contributed by atoms with E-state index in [1.807, 2.05) is 54.3 Å². The summed E-state index contributed by atoms with van der Waals surface area (Å²) in [7, 11) is 1.38. The molecule has 0 aromatic heterocycles. The Morgan fingerprint density at radius 1 is 1.04 bits per heavy atom. The molecule has 138 valence electrons. The van der Waals surface area contributed by atoms with Gasteiger partial charge in [-0.15, -0.1) is 0 Å². The number of anilines is 1. The lowest BCUT2D eigenvalue weighted by molar-refractivity contribution is -0.145. The maximum Gasteiger partial charge on any atom is 0.309 e. The molecule has 5 heteroatoms. The predicted molar refractivity (Wildman–Crippen MR) is 104 cm³/mol. The van der Waals surface area contributed by atoms with Gasteiger partial charge in [-0.05, 0) is 29.8 Å². The molecule has 0 aliphatic carbocycles. The van der Waals surface area contributed by atoms with Crippen molar-refractivity contribution in [2.24, 2.45) is 5.92 Å². The number of carbonyl (C=O) groups excluding carboxylic acids is 2. The summed E-state index contributed by atoms with van der Waals surface area (Å²) in [5, 5.41) is 2.91. The average molecular weight is 354 g/mol. The van der Waals surface area contributed by atoms with Gasteiger partial charge < -0.3 is 10.1 Å². The Morgan fingerprint density at radius 2 is 1.65 bits per heavy atom. The van der Waals surface area contributed by atoms with E-state index in [-0.39, 0.29) is 24.3 Å². The van der Waals surface area contributed by atoms with Crippen LogP contribution in [0.2, 0.25) is 0 Å². The number of rotatable bonds is 8. The highest BCUT2D eigenvalue weighted by Gasteiger charge is 2.18. The van der Waals surface area contributed by atoms with Gasteiger partial charge in [0.05, 0.1) is 19.6 Å². The number of nitrogens with zero attached hydrogens (tertiary/aromatic N) is 1. The van der Waals surface area contributed by atoms with Gasteiger partial charge in [0.15, 0.2) is 0 Å². The van der Waals surface area contributed by atoms with Gasteiger partial charge >= 0.3 is 5.97 Å². The zero-order valence-electron chi connectivity index (χ0n) is 15.6. The van der Waals surface area contributed by atoms with Gasteiger partial charge in [-0.25, -0.2) is 0 Å². The molecule has 1 unspecified atom stereocenters. The molecule has 0 saturated carbocycles. The van der Waals surface area contributed by atoms with Crippen LogP contribution in [-0.2, 0) is 14.3 Å². The van der Waals surface area contributed by atoms with Crippen LogP contribution in [0.1, 0.15) is 13.8 Å². The van der Waals surface area contributed by atoms with Crippen molar-refractivity contribution in [3.05, 3.63) is 54.6 Å². The highest BCUT2D eigenvalue weighted by molar-refractivity contribution is 5.92. The van der Waals surface area contributed by atoms with Crippen molar-refractivity contribution in [3.63, 3.8) is 0 Å². The number of benzene rings is 2. The van der Waals surface area contributed by atoms with Crippen molar-refractivity contribution < 1.29 is 14.3 Å². The van der Waals surface area contributed by atoms with Gasteiger partial charge in [0.1, 0.15) is 0 Å². The zero-order chi connectivity index (χ0) is 18.9. The van der Waals surface area contributed by atoms with Crippen LogP contribution in [0.5, 0.6) is 0 Å². The number of carbonyl (C=O) groups is 2. The van der Waals surface area contributed by atoms with Crippen LogP contribution in [0.15, 0.2) is 54.6 Å². The number of hydrogen-bond acceptors (Lipinski definition) is 4. The molecule has 0 heterocycles. The van der Waals surface area contributed by atoms with Gasteiger partial charge in [-0.1, -0.05) is 56.3 Å². The topological polar surface area (TPSA) is 58.6 Å².